The molecule has 1 aliphatic carbocycles. The Hall–Kier alpha value is -1.83. The fraction of sp³-hybridized carbons (Fsp3) is 0.590. The van der Waals surface area contributed by atoms with Crippen LogP contribution in [-0.4, -0.2) is 24.5 Å². The Bertz CT molecular complexity index is 990. The lowest BCUT2D eigenvalue weighted by atomic mass is 9.86. The molecular weight excluding hydrogens is 518 g/mol. The molecule has 226 valence electrons. The van der Waals surface area contributed by atoms with Crippen molar-refractivity contribution in [2.45, 2.75) is 129 Å². The van der Waals surface area contributed by atoms with E-state index in [4.69, 9.17) is 0 Å². The molecule has 0 radical (unpaired) electrons. The summed E-state index contributed by atoms with van der Waals surface area (Å²) >= 11 is 0. The lowest BCUT2D eigenvalue weighted by molar-refractivity contribution is 0.251. The van der Waals surface area contributed by atoms with E-state index in [1.54, 1.807) is 5.57 Å². The third-order valence-electron chi connectivity index (χ3n) is 9.29. The summed E-state index contributed by atoms with van der Waals surface area (Å²) in [5, 5.41) is 0. The molecule has 1 fully saturated rings. The van der Waals surface area contributed by atoms with E-state index in [0.29, 0.717) is 0 Å². The van der Waals surface area contributed by atoms with E-state index in [1.165, 1.54) is 169 Å². The molecule has 0 aromatic heterocycles. The van der Waals surface area contributed by atoms with Crippen molar-refractivity contribution in [1.82, 2.24) is 4.90 Å². The smallest absolute Gasteiger partial charge is 0.00190 e. The second-order valence-corrected chi connectivity index (χ2v) is 12.5. The topological polar surface area (TPSA) is 3.24 Å². The van der Waals surface area contributed by atoms with E-state index in [-0.39, 0.29) is 12.4 Å². The highest BCUT2D eigenvalue weighted by molar-refractivity contribution is 5.94. The molecule has 0 N–H and O–H groups in total. The molecule has 0 bridgehead atoms. The molecule has 0 atom stereocenters. The molecule has 2 aliphatic rings. The number of nitrogens with zero attached hydrogens (tertiary/aromatic N) is 1. The van der Waals surface area contributed by atoms with Gasteiger partial charge in [0.1, 0.15) is 0 Å². The van der Waals surface area contributed by atoms with E-state index in [9.17, 15) is 0 Å². The van der Waals surface area contributed by atoms with Crippen LogP contribution >= 0.6 is 12.4 Å². The molecule has 41 heavy (non-hydrogen) atoms. The number of hydrogen-bond donors (Lipinski definition) is 0. The van der Waals surface area contributed by atoms with Gasteiger partial charge in [-0.15, -0.1) is 12.4 Å². The summed E-state index contributed by atoms with van der Waals surface area (Å²) in [7, 11) is 0. The van der Waals surface area contributed by atoms with E-state index >= 15 is 0 Å². The number of likely N-dealkylation sites (tertiary alicyclic amines) is 1. The predicted octanol–water partition coefficient (Wildman–Crippen LogP) is 12.1. The SMILES string of the molecule is CCCCCCCCCCCCCCCCCCCN1CCC(=C2c3ccccc3C=Cc3ccccc32)CC1.Cl. The number of fused-ring (bicyclic) bond motifs is 2. The molecule has 0 spiro atoms. The van der Waals surface area contributed by atoms with Crippen LogP contribution in [0.15, 0.2) is 54.1 Å². The zero-order valence-electron chi connectivity index (χ0n) is 26.2. The van der Waals surface area contributed by atoms with Gasteiger partial charge in [-0.25, -0.2) is 0 Å². The largest absolute Gasteiger partial charge is 0.303 e. The summed E-state index contributed by atoms with van der Waals surface area (Å²) in [6.45, 7) is 6.03. The van der Waals surface area contributed by atoms with Gasteiger partial charge in [0.25, 0.3) is 0 Å². The van der Waals surface area contributed by atoms with Crippen LogP contribution in [0.25, 0.3) is 17.7 Å². The molecule has 1 saturated heterocycles. The van der Waals surface area contributed by atoms with Crippen molar-refractivity contribution in [3.8, 4) is 0 Å². The maximum absolute atomic E-state index is 2.72. The standard InChI is InChI=1S/C39H57N.ClH/c1-2-3-4-5-6-7-8-9-10-11-12-13-14-15-16-17-22-31-40-32-29-36(30-33-40)39-37-25-20-18-23-34(37)27-28-35-24-19-21-26-38(35)39;/h18-21,23-28H,2-17,22,29-33H2,1H3;1H. The highest BCUT2D eigenvalue weighted by atomic mass is 35.5. The first-order valence-corrected chi connectivity index (χ1v) is 17.2. The van der Waals surface area contributed by atoms with Crippen LogP contribution in [0.2, 0.25) is 0 Å². The number of piperidine rings is 1. The molecule has 1 aliphatic heterocycles. The molecule has 1 nitrogen and oxygen atoms in total. The van der Waals surface area contributed by atoms with Gasteiger partial charge < -0.3 is 4.90 Å². The minimum atomic E-state index is 0. The lowest BCUT2D eigenvalue weighted by Gasteiger charge is -2.30. The fourth-order valence-electron chi connectivity index (χ4n) is 6.80. The van der Waals surface area contributed by atoms with E-state index in [0.717, 1.165) is 0 Å². The molecule has 0 amide bonds. The predicted molar refractivity (Wildman–Crippen MR) is 185 cm³/mol. The van der Waals surface area contributed by atoms with Crippen molar-refractivity contribution in [1.29, 1.82) is 0 Å². The first-order chi connectivity index (χ1) is 19.9. The zero-order valence-corrected chi connectivity index (χ0v) is 27.0. The number of halogens is 1. The quantitative estimate of drug-likeness (QED) is 0.136. The van der Waals surface area contributed by atoms with Crippen LogP contribution in [0.4, 0.5) is 0 Å². The van der Waals surface area contributed by atoms with Crippen LogP contribution < -0.4 is 0 Å². The molecule has 2 aromatic carbocycles. The minimum absolute atomic E-state index is 0. The van der Waals surface area contributed by atoms with Gasteiger partial charge >= 0.3 is 0 Å². The average Bonchev–Trinajstić information content (AvgIpc) is 3.16. The van der Waals surface area contributed by atoms with E-state index in [2.05, 4.69) is 72.5 Å². The Morgan fingerprint density at radius 2 is 0.902 bits per heavy atom. The van der Waals surface area contributed by atoms with E-state index < -0.39 is 0 Å². The van der Waals surface area contributed by atoms with Crippen molar-refractivity contribution >= 4 is 30.1 Å². The van der Waals surface area contributed by atoms with Gasteiger partial charge in [-0.1, -0.05) is 176 Å². The fourth-order valence-corrected chi connectivity index (χ4v) is 6.80. The molecule has 2 aromatic rings. The number of hydrogen-bond acceptors (Lipinski definition) is 1. The average molecular weight is 576 g/mol. The molecule has 4 rings (SSSR count). The van der Waals surface area contributed by atoms with Gasteiger partial charge in [0, 0.05) is 13.1 Å². The van der Waals surface area contributed by atoms with Gasteiger partial charge in [-0.3, -0.25) is 0 Å². The summed E-state index contributed by atoms with van der Waals surface area (Å²) in [6, 6.07) is 17.9. The highest BCUT2D eigenvalue weighted by Gasteiger charge is 2.22. The van der Waals surface area contributed by atoms with Crippen molar-refractivity contribution < 1.29 is 0 Å². The van der Waals surface area contributed by atoms with Crippen LogP contribution in [0.5, 0.6) is 0 Å². The van der Waals surface area contributed by atoms with Crippen LogP contribution in [0.3, 0.4) is 0 Å². The lowest BCUT2D eigenvalue weighted by Crippen LogP contribution is -2.32. The Kier molecular flexibility index (Phi) is 16.5. The maximum Gasteiger partial charge on any atom is 0.00190 e. The molecule has 0 saturated carbocycles. The van der Waals surface area contributed by atoms with Crippen LogP contribution in [-0.2, 0) is 0 Å². The first kappa shape index (κ1) is 33.7. The minimum Gasteiger partial charge on any atom is -0.303 e. The third-order valence-corrected chi connectivity index (χ3v) is 9.29. The second-order valence-electron chi connectivity index (χ2n) is 12.5. The first-order valence-electron chi connectivity index (χ1n) is 17.2. The number of unbranched alkanes of at least 4 members (excludes halogenated alkanes) is 16. The summed E-state index contributed by atoms with van der Waals surface area (Å²) in [5.41, 5.74) is 8.70. The number of benzene rings is 2. The maximum atomic E-state index is 2.72. The zero-order chi connectivity index (χ0) is 27.7. The molecule has 2 heteroatoms. The van der Waals surface area contributed by atoms with Gasteiger partial charge in [0.2, 0.25) is 0 Å². The van der Waals surface area contributed by atoms with Crippen molar-refractivity contribution in [3.63, 3.8) is 0 Å². The summed E-state index contributed by atoms with van der Waals surface area (Å²) in [4.78, 5) is 2.72. The van der Waals surface area contributed by atoms with Crippen LogP contribution in [0, 0.1) is 0 Å². The van der Waals surface area contributed by atoms with Gasteiger partial charge in [0.15, 0.2) is 0 Å². The van der Waals surface area contributed by atoms with Crippen LogP contribution in [0.1, 0.15) is 151 Å². The summed E-state index contributed by atoms with van der Waals surface area (Å²) in [5.74, 6) is 0. The second kappa shape index (κ2) is 20.1. The summed E-state index contributed by atoms with van der Waals surface area (Å²) in [6.07, 6.45) is 31.6. The Balaban J connectivity index is 0.00000462. The molecule has 0 unspecified atom stereocenters. The van der Waals surface area contributed by atoms with E-state index in [1.807, 2.05) is 0 Å². The van der Waals surface area contributed by atoms with Crippen molar-refractivity contribution in [2.75, 3.05) is 19.6 Å². The van der Waals surface area contributed by atoms with Gasteiger partial charge in [0.05, 0.1) is 0 Å². The van der Waals surface area contributed by atoms with Crippen molar-refractivity contribution in [3.05, 3.63) is 76.4 Å². The molecule has 1 heterocycles. The Morgan fingerprint density at radius 1 is 0.512 bits per heavy atom. The normalized spacial score (nSPS) is 14.9. The molecular formula is C39H58ClN. The highest BCUT2D eigenvalue weighted by Crippen LogP contribution is 2.38. The third kappa shape index (κ3) is 11.4. The summed E-state index contributed by atoms with van der Waals surface area (Å²) < 4.78 is 0. The Morgan fingerprint density at radius 3 is 1.34 bits per heavy atom. The van der Waals surface area contributed by atoms with Gasteiger partial charge in [-0.05, 0) is 53.6 Å². The Labute approximate surface area is 259 Å². The van der Waals surface area contributed by atoms with Gasteiger partial charge in [-0.2, -0.15) is 0 Å². The number of rotatable bonds is 18. The van der Waals surface area contributed by atoms with Crippen molar-refractivity contribution in [2.24, 2.45) is 0 Å². The monoisotopic (exact) mass is 575 g/mol.